The lowest BCUT2D eigenvalue weighted by Crippen LogP contribution is -2.33. The van der Waals surface area contributed by atoms with Gasteiger partial charge in [0.05, 0.1) is 16.5 Å². The van der Waals surface area contributed by atoms with Gasteiger partial charge in [-0.2, -0.15) is 4.39 Å². The molecule has 0 spiro atoms. The second-order valence-electron chi connectivity index (χ2n) is 7.57. The lowest BCUT2D eigenvalue weighted by molar-refractivity contribution is 0.0133. The van der Waals surface area contributed by atoms with Crippen molar-refractivity contribution in [1.82, 2.24) is 14.5 Å². The molecule has 1 aliphatic carbocycles. The van der Waals surface area contributed by atoms with Crippen LogP contribution in [0, 0.1) is 18.6 Å². The van der Waals surface area contributed by atoms with Crippen LogP contribution in [0.2, 0.25) is 0 Å². The molecule has 164 valence electrons. The second kappa shape index (κ2) is 7.17. The Morgan fingerprint density at radius 3 is 2.55 bits per heavy atom. The smallest absolute Gasteiger partial charge is 0.289 e. The number of aryl methyl sites for hydroxylation is 1. The Morgan fingerprint density at radius 1 is 1.23 bits per heavy atom. The molecule has 1 aromatic carbocycles. The highest BCUT2D eigenvalue weighted by molar-refractivity contribution is 5.88. The van der Waals surface area contributed by atoms with Gasteiger partial charge in [0, 0.05) is 13.1 Å². The van der Waals surface area contributed by atoms with Gasteiger partial charge in [0.2, 0.25) is 5.82 Å². The number of hydrogen-bond donors (Lipinski definition) is 1. The minimum atomic E-state index is -3.44. The molecule has 2 aromatic heterocycles. The first-order valence-electron chi connectivity index (χ1n) is 9.33. The van der Waals surface area contributed by atoms with Crippen molar-refractivity contribution in [2.24, 2.45) is 0 Å². The molecular formula is C20H17F5N4O2. The predicted molar refractivity (Wildman–Crippen MR) is 102 cm³/mol. The van der Waals surface area contributed by atoms with Crippen molar-refractivity contribution in [2.45, 2.75) is 38.2 Å². The first-order chi connectivity index (χ1) is 14.6. The number of hydrogen-bond acceptors (Lipinski definition) is 5. The molecule has 1 aliphatic rings. The van der Waals surface area contributed by atoms with Gasteiger partial charge in [-0.05, 0) is 31.9 Å². The van der Waals surface area contributed by atoms with E-state index < -0.39 is 46.6 Å². The number of nitrogens with zero attached hydrogens (tertiary/aromatic N) is 3. The largest absolute Gasteiger partial charge is 0.378 e. The van der Waals surface area contributed by atoms with Crippen LogP contribution < -0.4 is 15.9 Å². The van der Waals surface area contributed by atoms with Gasteiger partial charge in [0.1, 0.15) is 18.0 Å². The minimum Gasteiger partial charge on any atom is -0.378 e. The summed E-state index contributed by atoms with van der Waals surface area (Å²) in [6, 6.07) is 3.23. The maximum absolute atomic E-state index is 14.8. The van der Waals surface area contributed by atoms with Gasteiger partial charge in [0.25, 0.3) is 11.5 Å². The predicted octanol–water partition coefficient (Wildman–Crippen LogP) is 4.35. The molecule has 4 rings (SSSR count). The topological polar surface area (TPSA) is 69.0 Å². The average Bonchev–Trinajstić information content (AvgIpc) is 3.50. The number of aromatic nitrogens is 3. The summed E-state index contributed by atoms with van der Waals surface area (Å²) in [4.78, 5) is 25.5. The highest BCUT2D eigenvalue weighted by Gasteiger charge is 2.46. The zero-order valence-electron chi connectivity index (χ0n) is 16.5. The molecule has 0 saturated heterocycles. The summed E-state index contributed by atoms with van der Waals surface area (Å²) in [5.74, 6) is -6.53. The molecule has 11 heteroatoms. The fourth-order valence-corrected chi connectivity index (χ4v) is 3.31. The zero-order chi connectivity index (χ0) is 22.6. The standard InChI is InChI=1S/C20H17F5N4O2/c1-10-26-16-11(8-29(18(30)15(16)23)20(9-21)6-7-20)17(27-10)28-31-13-5-3-4-12(14(13)22)19(2,24)25/h3-5,8H,6-7,9H2,1-2H3,(H,26,27,28). The monoisotopic (exact) mass is 440 g/mol. The van der Waals surface area contributed by atoms with Crippen LogP contribution in [0.25, 0.3) is 10.9 Å². The first-order valence-corrected chi connectivity index (χ1v) is 9.33. The van der Waals surface area contributed by atoms with E-state index in [1.54, 1.807) is 0 Å². The molecule has 0 amide bonds. The lowest BCUT2D eigenvalue weighted by atomic mass is 10.1. The van der Waals surface area contributed by atoms with E-state index in [-0.39, 0.29) is 22.5 Å². The Hall–Kier alpha value is -3.24. The van der Waals surface area contributed by atoms with Crippen LogP contribution in [-0.4, -0.2) is 21.2 Å². The maximum atomic E-state index is 14.8. The minimum absolute atomic E-state index is 0.0141. The van der Waals surface area contributed by atoms with Gasteiger partial charge in [-0.1, -0.05) is 6.07 Å². The van der Waals surface area contributed by atoms with E-state index in [0.29, 0.717) is 19.8 Å². The molecule has 3 aromatic rings. The molecule has 2 heterocycles. The van der Waals surface area contributed by atoms with E-state index in [2.05, 4.69) is 15.4 Å². The van der Waals surface area contributed by atoms with Crippen molar-refractivity contribution in [2.75, 3.05) is 12.2 Å². The number of fused-ring (bicyclic) bond motifs is 1. The lowest BCUT2D eigenvalue weighted by Gasteiger charge is -2.18. The summed E-state index contributed by atoms with van der Waals surface area (Å²) >= 11 is 0. The highest BCUT2D eigenvalue weighted by atomic mass is 19.3. The van der Waals surface area contributed by atoms with Crippen LogP contribution in [0.5, 0.6) is 5.75 Å². The van der Waals surface area contributed by atoms with Crippen molar-refractivity contribution < 1.29 is 26.8 Å². The molecule has 0 aliphatic heterocycles. The molecular weight excluding hydrogens is 423 g/mol. The molecule has 1 saturated carbocycles. The van der Waals surface area contributed by atoms with Crippen LogP contribution in [-0.2, 0) is 11.5 Å². The molecule has 1 N–H and O–H groups in total. The van der Waals surface area contributed by atoms with E-state index in [1.807, 2.05) is 0 Å². The summed E-state index contributed by atoms with van der Waals surface area (Å²) in [5.41, 5.74) is -1.02. The molecule has 0 unspecified atom stereocenters. The maximum Gasteiger partial charge on any atom is 0.289 e. The van der Waals surface area contributed by atoms with Gasteiger partial charge in [-0.3, -0.25) is 4.79 Å². The van der Waals surface area contributed by atoms with Gasteiger partial charge < -0.3 is 9.40 Å². The molecule has 0 radical (unpaired) electrons. The summed E-state index contributed by atoms with van der Waals surface area (Å²) in [5, 5.41) is -0.0141. The SMILES string of the molecule is Cc1nc(NOc2cccc(C(C)(F)F)c2F)c2cn(C3(CF)CC3)c(=O)c(F)c2n1. The summed E-state index contributed by atoms with van der Waals surface area (Å²) in [6.07, 6.45) is 1.94. The number of anilines is 1. The normalized spacial score (nSPS) is 15.2. The molecule has 6 nitrogen and oxygen atoms in total. The Kier molecular flexibility index (Phi) is 4.86. The zero-order valence-corrected chi connectivity index (χ0v) is 16.5. The van der Waals surface area contributed by atoms with Gasteiger partial charge in [-0.25, -0.2) is 33.0 Å². The van der Waals surface area contributed by atoms with Crippen LogP contribution in [0.4, 0.5) is 27.8 Å². The quantitative estimate of drug-likeness (QED) is 0.456. The number of nitrogens with one attached hydrogen (secondary N) is 1. The summed E-state index contributed by atoms with van der Waals surface area (Å²) < 4.78 is 70.8. The second-order valence-corrected chi connectivity index (χ2v) is 7.57. The molecule has 31 heavy (non-hydrogen) atoms. The van der Waals surface area contributed by atoms with Crippen molar-refractivity contribution >= 4 is 16.7 Å². The highest BCUT2D eigenvalue weighted by Crippen LogP contribution is 2.43. The fourth-order valence-electron chi connectivity index (χ4n) is 3.31. The number of halogens is 5. The number of rotatable bonds is 6. The van der Waals surface area contributed by atoms with Crippen molar-refractivity contribution in [3.63, 3.8) is 0 Å². The molecule has 0 bridgehead atoms. The Balaban J connectivity index is 1.78. The summed E-state index contributed by atoms with van der Waals surface area (Å²) in [7, 11) is 0. The Bertz CT molecular complexity index is 1230. The van der Waals surface area contributed by atoms with Crippen molar-refractivity contribution in [3.8, 4) is 5.75 Å². The molecule has 1 fully saturated rings. The fraction of sp³-hybridized carbons (Fsp3) is 0.350. The molecule has 0 atom stereocenters. The van der Waals surface area contributed by atoms with Crippen LogP contribution in [0.3, 0.4) is 0 Å². The van der Waals surface area contributed by atoms with E-state index in [0.717, 1.165) is 16.7 Å². The number of alkyl halides is 3. The Labute approximate surface area is 172 Å². The van der Waals surface area contributed by atoms with E-state index in [9.17, 15) is 26.7 Å². The summed E-state index contributed by atoms with van der Waals surface area (Å²) in [6.45, 7) is 1.12. The van der Waals surface area contributed by atoms with Gasteiger partial charge >= 0.3 is 0 Å². The van der Waals surface area contributed by atoms with Crippen molar-refractivity contribution in [1.29, 1.82) is 0 Å². The van der Waals surface area contributed by atoms with Crippen molar-refractivity contribution in [3.05, 3.63) is 57.8 Å². The van der Waals surface area contributed by atoms with Gasteiger partial charge in [-0.15, -0.1) is 0 Å². The first kappa shape index (κ1) is 21.0. The third-order valence-electron chi connectivity index (χ3n) is 5.21. The Morgan fingerprint density at radius 2 is 1.94 bits per heavy atom. The van der Waals surface area contributed by atoms with E-state index in [1.165, 1.54) is 19.2 Å². The van der Waals surface area contributed by atoms with Crippen LogP contribution in [0.1, 0.15) is 31.2 Å². The van der Waals surface area contributed by atoms with Crippen LogP contribution >= 0.6 is 0 Å². The van der Waals surface area contributed by atoms with Crippen LogP contribution in [0.15, 0.2) is 29.2 Å². The third-order valence-corrected chi connectivity index (χ3v) is 5.21. The number of pyridine rings is 1. The number of benzene rings is 1. The van der Waals surface area contributed by atoms with Gasteiger partial charge in [0.15, 0.2) is 17.4 Å². The van der Waals surface area contributed by atoms with E-state index >= 15 is 0 Å². The average molecular weight is 440 g/mol. The third kappa shape index (κ3) is 3.57. The van der Waals surface area contributed by atoms with E-state index in [4.69, 9.17) is 4.84 Å².